The van der Waals surface area contributed by atoms with Crippen LogP contribution in [0.3, 0.4) is 0 Å². The van der Waals surface area contributed by atoms with Crippen LogP contribution >= 0.6 is 23.7 Å². The van der Waals surface area contributed by atoms with Crippen molar-refractivity contribution in [1.82, 2.24) is 10.0 Å². The molecule has 9 heteroatoms. The molecule has 0 radical (unpaired) electrons. The minimum absolute atomic E-state index is 0. The van der Waals surface area contributed by atoms with Crippen LogP contribution in [-0.2, 0) is 21.2 Å². The van der Waals surface area contributed by atoms with E-state index in [4.69, 9.17) is 5.73 Å². The maximum Gasteiger partial charge on any atom is 0.250 e. The van der Waals surface area contributed by atoms with E-state index in [2.05, 4.69) is 10.0 Å². The minimum atomic E-state index is -3.63. The summed E-state index contributed by atoms with van der Waals surface area (Å²) in [4.78, 5) is 12.1. The molecule has 6 nitrogen and oxygen atoms in total. The number of anilines is 1. The van der Waals surface area contributed by atoms with Gasteiger partial charge in [-0.15, -0.1) is 23.7 Å². The number of carbonyl (C=O) groups is 1. The molecule has 0 bridgehead atoms. The number of hydrogen-bond acceptors (Lipinski definition) is 5. The van der Waals surface area contributed by atoms with Gasteiger partial charge in [-0.2, -0.15) is 0 Å². The summed E-state index contributed by atoms with van der Waals surface area (Å²) in [7, 11) is -3.63. The fraction of sp³-hybridized carbons (Fsp3) is 0.312. The van der Waals surface area contributed by atoms with Gasteiger partial charge in [0.05, 0.1) is 12.6 Å². The van der Waals surface area contributed by atoms with Gasteiger partial charge in [0, 0.05) is 5.69 Å². The summed E-state index contributed by atoms with van der Waals surface area (Å²) in [6, 6.07) is 8.75. The smallest absolute Gasteiger partial charge is 0.250 e. The number of fused-ring (bicyclic) bond motifs is 1. The van der Waals surface area contributed by atoms with Crippen LogP contribution in [0.2, 0.25) is 0 Å². The van der Waals surface area contributed by atoms with Gasteiger partial charge in [0.15, 0.2) is 0 Å². The highest BCUT2D eigenvalue weighted by Gasteiger charge is 2.23. The lowest BCUT2D eigenvalue weighted by Gasteiger charge is -2.26. The zero-order valence-corrected chi connectivity index (χ0v) is 15.8. The van der Waals surface area contributed by atoms with Gasteiger partial charge in [0.25, 0.3) is 10.0 Å². The van der Waals surface area contributed by atoms with E-state index in [9.17, 15) is 13.2 Å². The Morgan fingerprint density at radius 2 is 2.12 bits per heavy atom. The fourth-order valence-corrected chi connectivity index (χ4v) is 4.90. The predicted molar refractivity (Wildman–Crippen MR) is 101 cm³/mol. The number of carbonyl (C=O) groups excluding carboxylic acids is 1. The van der Waals surface area contributed by atoms with E-state index in [0.717, 1.165) is 41.7 Å². The van der Waals surface area contributed by atoms with E-state index >= 15 is 0 Å². The van der Waals surface area contributed by atoms with E-state index in [-0.39, 0.29) is 35.1 Å². The van der Waals surface area contributed by atoms with E-state index in [1.807, 2.05) is 18.2 Å². The molecule has 0 fully saturated rings. The summed E-state index contributed by atoms with van der Waals surface area (Å²) >= 11 is 1.12. The molecule has 1 aliphatic rings. The monoisotopic (exact) mass is 401 g/mol. The number of amides is 1. The highest BCUT2D eigenvalue weighted by molar-refractivity contribution is 7.91. The average molecular weight is 402 g/mol. The lowest BCUT2D eigenvalue weighted by Crippen LogP contribution is -2.39. The molecule has 1 atom stereocenters. The Morgan fingerprint density at radius 3 is 2.84 bits per heavy atom. The first-order chi connectivity index (χ1) is 11.5. The van der Waals surface area contributed by atoms with Gasteiger partial charge in [0.2, 0.25) is 5.91 Å². The summed E-state index contributed by atoms with van der Waals surface area (Å²) in [5.74, 6) is -0.343. The molecule has 1 aliphatic carbocycles. The highest BCUT2D eigenvalue weighted by Crippen LogP contribution is 2.30. The van der Waals surface area contributed by atoms with Crippen molar-refractivity contribution in [3.05, 3.63) is 46.8 Å². The third-order valence-electron chi connectivity index (χ3n) is 4.00. The molecule has 25 heavy (non-hydrogen) atoms. The van der Waals surface area contributed by atoms with Crippen LogP contribution in [-0.4, -0.2) is 20.9 Å². The Balaban J connectivity index is 0.00000225. The Morgan fingerprint density at radius 1 is 1.32 bits per heavy atom. The summed E-state index contributed by atoms with van der Waals surface area (Å²) in [5, 5.41) is 4.59. The van der Waals surface area contributed by atoms with Crippen molar-refractivity contribution in [1.29, 1.82) is 0 Å². The second kappa shape index (κ2) is 8.18. The number of nitrogen functional groups attached to an aromatic ring is 1. The zero-order chi connectivity index (χ0) is 17.2. The minimum Gasteiger partial charge on any atom is -0.399 e. The molecule has 2 aromatic rings. The first-order valence-electron chi connectivity index (χ1n) is 7.66. The van der Waals surface area contributed by atoms with Crippen molar-refractivity contribution in [3.63, 3.8) is 0 Å². The van der Waals surface area contributed by atoms with Gasteiger partial charge in [-0.1, -0.05) is 12.1 Å². The van der Waals surface area contributed by atoms with E-state index in [1.165, 1.54) is 6.07 Å². The number of halogens is 1. The average Bonchev–Trinajstić information content (AvgIpc) is 3.08. The third kappa shape index (κ3) is 4.72. The molecule has 0 saturated heterocycles. The molecule has 1 amide bonds. The maximum atomic E-state index is 12.1. The number of benzene rings is 1. The van der Waals surface area contributed by atoms with Crippen LogP contribution < -0.4 is 15.8 Å². The molecule has 4 N–H and O–H groups in total. The van der Waals surface area contributed by atoms with Crippen LogP contribution in [0.1, 0.15) is 30.0 Å². The number of sulfonamides is 1. The van der Waals surface area contributed by atoms with Crippen molar-refractivity contribution < 1.29 is 13.2 Å². The molecule has 3 rings (SSSR count). The van der Waals surface area contributed by atoms with Crippen LogP contribution in [0.25, 0.3) is 0 Å². The molecule has 1 unspecified atom stereocenters. The zero-order valence-electron chi connectivity index (χ0n) is 13.4. The highest BCUT2D eigenvalue weighted by atomic mass is 35.5. The second-order valence-electron chi connectivity index (χ2n) is 5.73. The van der Waals surface area contributed by atoms with Crippen LogP contribution in [0, 0.1) is 0 Å². The fourth-order valence-electron chi connectivity index (χ4n) is 2.88. The topological polar surface area (TPSA) is 101 Å². The van der Waals surface area contributed by atoms with E-state index < -0.39 is 10.0 Å². The van der Waals surface area contributed by atoms with Crippen LogP contribution in [0.5, 0.6) is 0 Å². The SMILES string of the molecule is Cl.Nc1ccc2c(c1)CCCC2NC(=O)CNS(=O)(=O)c1cccs1. The summed E-state index contributed by atoms with van der Waals surface area (Å²) in [5.41, 5.74) is 8.72. The summed E-state index contributed by atoms with van der Waals surface area (Å²) in [6.07, 6.45) is 2.74. The molecule has 0 spiro atoms. The predicted octanol–water partition coefficient (Wildman–Crippen LogP) is 2.22. The molecular formula is C16H20ClN3O3S2. The Hall–Kier alpha value is -1.61. The quantitative estimate of drug-likeness (QED) is 0.668. The largest absolute Gasteiger partial charge is 0.399 e. The van der Waals surface area contributed by atoms with Crippen molar-refractivity contribution >= 4 is 45.4 Å². The number of thiophene rings is 1. The molecule has 1 heterocycles. The first-order valence-corrected chi connectivity index (χ1v) is 10.0. The number of aryl methyl sites for hydroxylation is 1. The molecule has 136 valence electrons. The van der Waals surface area contributed by atoms with Gasteiger partial charge in [0.1, 0.15) is 4.21 Å². The molecule has 0 saturated carbocycles. The van der Waals surface area contributed by atoms with Crippen molar-refractivity contribution in [2.45, 2.75) is 29.5 Å². The number of nitrogens with one attached hydrogen (secondary N) is 2. The second-order valence-corrected chi connectivity index (χ2v) is 8.67. The molecule has 0 aliphatic heterocycles. The Kier molecular flexibility index (Phi) is 6.45. The molecule has 1 aromatic carbocycles. The van der Waals surface area contributed by atoms with Gasteiger partial charge in [-0.05, 0) is 54.0 Å². The lowest BCUT2D eigenvalue weighted by atomic mass is 9.87. The Labute approximate surface area is 157 Å². The third-order valence-corrected chi connectivity index (χ3v) is 6.80. The molecular weight excluding hydrogens is 382 g/mol. The number of rotatable bonds is 5. The Bertz CT molecular complexity index is 838. The van der Waals surface area contributed by atoms with Crippen molar-refractivity contribution in [2.75, 3.05) is 12.3 Å². The number of hydrogen-bond donors (Lipinski definition) is 3. The van der Waals surface area contributed by atoms with Gasteiger partial charge in [-0.3, -0.25) is 4.79 Å². The maximum absolute atomic E-state index is 12.1. The lowest BCUT2D eigenvalue weighted by molar-refractivity contribution is -0.120. The van der Waals surface area contributed by atoms with E-state index in [1.54, 1.807) is 11.4 Å². The standard InChI is InChI=1S/C16H19N3O3S2.ClH/c17-12-6-7-13-11(9-12)3-1-4-14(13)19-15(20)10-18-24(21,22)16-5-2-8-23-16;/h2,5-9,14,18H,1,3-4,10,17H2,(H,19,20);1H. The van der Waals surface area contributed by atoms with Crippen molar-refractivity contribution in [2.24, 2.45) is 0 Å². The van der Waals surface area contributed by atoms with Gasteiger partial charge in [-0.25, -0.2) is 13.1 Å². The molecule has 1 aromatic heterocycles. The summed E-state index contributed by atoms with van der Waals surface area (Å²) in [6.45, 7) is -0.277. The van der Waals surface area contributed by atoms with Crippen molar-refractivity contribution in [3.8, 4) is 0 Å². The first kappa shape index (κ1) is 19.7. The normalized spacial score (nSPS) is 16.6. The van der Waals surface area contributed by atoms with Gasteiger partial charge < -0.3 is 11.1 Å². The van der Waals surface area contributed by atoms with Crippen LogP contribution in [0.15, 0.2) is 39.9 Å². The summed E-state index contributed by atoms with van der Waals surface area (Å²) < 4.78 is 26.6. The van der Waals surface area contributed by atoms with E-state index in [0.29, 0.717) is 5.69 Å². The van der Waals surface area contributed by atoms with Crippen LogP contribution in [0.4, 0.5) is 5.69 Å². The number of nitrogens with two attached hydrogens (primary N) is 1. The van der Waals surface area contributed by atoms with Gasteiger partial charge >= 0.3 is 0 Å².